The van der Waals surface area contributed by atoms with Crippen molar-refractivity contribution in [2.45, 2.75) is 37.6 Å². The highest BCUT2D eigenvalue weighted by Crippen LogP contribution is 2.55. The van der Waals surface area contributed by atoms with E-state index in [1.54, 1.807) is 12.3 Å². The minimum Gasteiger partial charge on any atom is -0.393 e. The number of rotatable bonds is 3. The van der Waals surface area contributed by atoms with Gasteiger partial charge in [0, 0.05) is 24.1 Å². The molecule has 152 valence electrons. The highest BCUT2D eigenvalue weighted by molar-refractivity contribution is 5.63. The molecule has 1 aliphatic heterocycles. The first-order chi connectivity index (χ1) is 14.1. The van der Waals surface area contributed by atoms with Gasteiger partial charge in [-0.3, -0.25) is 4.98 Å². The average Bonchev–Trinajstić information content (AvgIpc) is 3.31. The Kier molecular flexibility index (Phi) is 4.98. The van der Waals surface area contributed by atoms with E-state index in [9.17, 15) is 9.50 Å². The Balaban J connectivity index is 1.37. The van der Waals surface area contributed by atoms with E-state index in [2.05, 4.69) is 11.1 Å². The fourth-order valence-corrected chi connectivity index (χ4v) is 5.41. The van der Waals surface area contributed by atoms with Crippen molar-refractivity contribution in [1.82, 2.24) is 4.98 Å². The summed E-state index contributed by atoms with van der Waals surface area (Å²) in [7, 11) is 0. The number of benzene rings is 1. The van der Waals surface area contributed by atoms with E-state index < -0.39 is 5.79 Å². The maximum atomic E-state index is 13.5. The zero-order chi connectivity index (χ0) is 19.8. The molecule has 1 saturated heterocycles. The largest absolute Gasteiger partial charge is 0.393 e. The number of aromatic nitrogens is 1. The van der Waals surface area contributed by atoms with Gasteiger partial charge in [0.05, 0.1) is 25.0 Å². The molecular weight excluding hydrogens is 369 g/mol. The number of halogens is 1. The van der Waals surface area contributed by atoms with E-state index in [1.807, 2.05) is 24.3 Å². The number of ether oxygens (including phenoxy) is 2. The summed E-state index contributed by atoms with van der Waals surface area (Å²) < 4.78 is 25.7. The lowest BCUT2D eigenvalue weighted by molar-refractivity contribution is -0.175. The highest BCUT2D eigenvalue weighted by atomic mass is 19.1. The van der Waals surface area contributed by atoms with Gasteiger partial charge in [0.2, 0.25) is 0 Å². The summed E-state index contributed by atoms with van der Waals surface area (Å²) in [5.41, 5.74) is 2.57. The van der Waals surface area contributed by atoms with Crippen molar-refractivity contribution in [2.75, 3.05) is 13.2 Å². The second-order valence-corrected chi connectivity index (χ2v) is 8.47. The van der Waals surface area contributed by atoms with Crippen LogP contribution in [0.4, 0.5) is 4.39 Å². The monoisotopic (exact) mass is 395 g/mol. The van der Waals surface area contributed by atoms with Crippen molar-refractivity contribution in [3.05, 3.63) is 60.2 Å². The summed E-state index contributed by atoms with van der Waals surface area (Å²) in [4.78, 5) is 4.55. The lowest BCUT2D eigenvalue weighted by Crippen LogP contribution is -2.35. The number of aliphatic hydroxyl groups excluding tert-OH is 1. The minimum atomic E-state index is -0.544. The Bertz CT molecular complexity index is 891. The average molecular weight is 395 g/mol. The van der Waals surface area contributed by atoms with Crippen molar-refractivity contribution in [2.24, 2.45) is 17.8 Å². The smallest absolute Gasteiger partial charge is 0.175 e. The highest BCUT2D eigenvalue weighted by Gasteiger charge is 2.57. The third-order valence-corrected chi connectivity index (χ3v) is 6.72. The molecule has 0 bridgehead atoms. The molecule has 3 fully saturated rings. The van der Waals surface area contributed by atoms with Crippen LogP contribution in [0.1, 0.15) is 31.4 Å². The fraction of sp³-hybridized carbons (Fsp3) is 0.458. The first-order valence-electron chi connectivity index (χ1n) is 10.5. The van der Waals surface area contributed by atoms with Crippen LogP contribution in [-0.4, -0.2) is 35.2 Å². The van der Waals surface area contributed by atoms with Gasteiger partial charge < -0.3 is 14.6 Å². The standard InChI is InChI=1S/C24H26FNO3/c25-19-3-1-2-16(12-19)17-4-5-20(26-15-17)6-9-23-22-8-7-21(27)13-18(22)14-24(23)28-10-11-29-24/h1-6,9,12,15,18,21-23,27H,7-8,10-11,13-14H2/b9-6+/t18-,21-,22-,23+/m1/s1. The minimum absolute atomic E-state index is 0.173. The maximum Gasteiger partial charge on any atom is 0.175 e. The zero-order valence-electron chi connectivity index (χ0n) is 16.3. The van der Waals surface area contributed by atoms with Crippen LogP contribution >= 0.6 is 0 Å². The van der Waals surface area contributed by atoms with E-state index in [0.717, 1.165) is 42.5 Å². The molecule has 2 saturated carbocycles. The van der Waals surface area contributed by atoms with Crippen LogP contribution in [0.3, 0.4) is 0 Å². The molecule has 0 amide bonds. The van der Waals surface area contributed by atoms with E-state index in [-0.39, 0.29) is 17.8 Å². The number of hydrogen-bond donors (Lipinski definition) is 1. The Labute approximate surface area is 170 Å². The molecule has 4 atom stereocenters. The van der Waals surface area contributed by atoms with Gasteiger partial charge in [-0.05, 0) is 60.9 Å². The molecule has 5 rings (SSSR count). The van der Waals surface area contributed by atoms with Crippen LogP contribution in [0.5, 0.6) is 0 Å². The molecule has 5 heteroatoms. The van der Waals surface area contributed by atoms with Crippen LogP contribution in [-0.2, 0) is 9.47 Å². The van der Waals surface area contributed by atoms with Gasteiger partial charge in [0.25, 0.3) is 0 Å². The molecular formula is C24H26FNO3. The quantitative estimate of drug-likeness (QED) is 0.835. The third-order valence-electron chi connectivity index (χ3n) is 6.72. The van der Waals surface area contributed by atoms with Gasteiger partial charge in [-0.2, -0.15) is 0 Å². The van der Waals surface area contributed by atoms with Gasteiger partial charge in [-0.15, -0.1) is 0 Å². The Morgan fingerprint density at radius 2 is 1.97 bits per heavy atom. The predicted molar refractivity (Wildman–Crippen MR) is 108 cm³/mol. The Hall–Kier alpha value is -2.08. The van der Waals surface area contributed by atoms with Gasteiger partial charge in [-0.25, -0.2) is 4.39 Å². The summed E-state index contributed by atoms with van der Waals surface area (Å²) in [6.07, 6.45) is 9.36. The molecule has 1 spiro atoms. The van der Waals surface area contributed by atoms with Crippen molar-refractivity contribution in [3.63, 3.8) is 0 Å². The van der Waals surface area contributed by atoms with Crippen LogP contribution in [0.15, 0.2) is 48.7 Å². The van der Waals surface area contributed by atoms with Gasteiger partial charge >= 0.3 is 0 Å². The van der Waals surface area contributed by atoms with Crippen LogP contribution in [0.2, 0.25) is 0 Å². The lowest BCUT2D eigenvalue weighted by atomic mass is 9.76. The van der Waals surface area contributed by atoms with Crippen molar-refractivity contribution >= 4 is 6.08 Å². The van der Waals surface area contributed by atoms with Gasteiger partial charge in [0.15, 0.2) is 5.79 Å². The molecule has 2 aliphatic carbocycles. The number of aliphatic hydroxyl groups is 1. The second-order valence-electron chi connectivity index (χ2n) is 8.47. The normalized spacial score (nSPS) is 30.8. The van der Waals surface area contributed by atoms with Crippen LogP contribution < -0.4 is 0 Å². The molecule has 0 unspecified atom stereocenters. The molecule has 4 nitrogen and oxygen atoms in total. The van der Waals surface area contributed by atoms with Gasteiger partial charge in [0.1, 0.15) is 5.82 Å². The number of fused-ring (bicyclic) bond motifs is 1. The van der Waals surface area contributed by atoms with Gasteiger partial charge in [-0.1, -0.05) is 24.3 Å². The summed E-state index contributed by atoms with van der Waals surface area (Å²) in [5.74, 6) is 0.292. The summed E-state index contributed by atoms with van der Waals surface area (Å²) in [5, 5.41) is 10.1. The zero-order valence-corrected chi connectivity index (χ0v) is 16.3. The maximum absolute atomic E-state index is 13.5. The lowest BCUT2D eigenvalue weighted by Gasteiger charge is -2.32. The SMILES string of the molecule is O[C@@H]1CC[C@@H]2[C@H](C1)CC1(OCCO1)[C@H]2/C=C/c1ccc(-c2cccc(F)c2)cn1. The topological polar surface area (TPSA) is 51.6 Å². The van der Waals surface area contributed by atoms with E-state index >= 15 is 0 Å². The molecule has 3 aliphatic rings. The number of nitrogens with zero attached hydrogens (tertiary/aromatic N) is 1. The van der Waals surface area contributed by atoms with E-state index in [1.165, 1.54) is 12.1 Å². The molecule has 29 heavy (non-hydrogen) atoms. The van der Waals surface area contributed by atoms with Crippen molar-refractivity contribution < 1.29 is 19.0 Å². The van der Waals surface area contributed by atoms with Crippen LogP contribution in [0, 0.1) is 23.6 Å². The molecule has 1 aromatic heterocycles. The van der Waals surface area contributed by atoms with Crippen molar-refractivity contribution in [1.29, 1.82) is 0 Å². The number of pyridine rings is 1. The van der Waals surface area contributed by atoms with Crippen LogP contribution in [0.25, 0.3) is 17.2 Å². The fourth-order valence-electron chi connectivity index (χ4n) is 5.41. The summed E-state index contributed by atoms with van der Waals surface area (Å²) in [6, 6.07) is 10.5. The molecule has 1 N–H and O–H groups in total. The first-order valence-corrected chi connectivity index (χ1v) is 10.5. The molecule has 2 aromatic rings. The molecule has 2 heterocycles. The predicted octanol–water partition coefficient (Wildman–Crippen LogP) is 4.44. The van der Waals surface area contributed by atoms with Crippen molar-refractivity contribution in [3.8, 4) is 11.1 Å². The molecule has 1 aromatic carbocycles. The Morgan fingerprint density at radius 3 is 2.72 bits per heavy atom. The Morgan fingerprint density at radius 1 is 1.10 bits per heavy atom. The molecule has 0 radical (unpaired) electrons. The third kappa shape index (κ3) is 3.63. The number of hydrogen-bond acceptors (Lipinski definition) is 4. The first kappa shape index (κ1) is 18.9. The van der Waals surface area contributed by atoms with E-state index in [4.69, 9.17) is 9.47 Å². The summed E-state index contributed by atoms with van der Waals surface area (Å²) in [6.45, 7) is 1.26. The van der Waals surface area contributed by atoms with E-state index in [0.29, 0.717) is 25.0 Å². The summed E-state index contributed by atoms with van der Waals surface area (Å²) >= 11 is 0. The second kappa shape index (κ2) is 7.63.